The SMILES string of the molecule is Cc1ccc(SCC(=O)OCC(=O)NN2C(=O)NC3(CCCCC3)C2=O)cc1C. The van der Waals surface area contributed by atoms with Crippen molar-refractivity contribution in [2.45, 2.75) is 56.4 Å². The summed E-state index contributed by atoms with van der Waals surface area (Å²) in [5.74, 6) is -1.68. The Kier molecular flexibility index (Phi) is 6.46. The minimum atomic E-state index is -0.915. The van der Waals surface area contributed by atoms with Gasteiger partial charge in [-0.15, -0.1) is 11.8 Å². The highest BCUT2D eigenvalue weighted by Crippen LogP contribution is 2.33. The van der Waals surface area contributed by atoms with Gasteiger partial charge in [0.05, 0.1) is 5.75 Å². The Bertz CT molecular complexity index is 835. The summed E-state index contributed by atoms with van der Waals surface area (Å²) >= 11 is 1.32. The number of imide groups is 1. The van der Waals surface area contributed by atoms with E-state index in [2.05, 4.69) is 10.7 Å². The molecule has 0 bridgehead atoms. The lowest BCUT2D eigenvalue weighted by Gasteiger charge is -2.30. The summed E-state index contributed by atoms with van der Waals surface area (Å²) in [5, 5.41) is 3.40. The number of hydrogen-bond acceptors (Lipinski definition) is 6. The van der Waals surface area contributed by atoms with Crippen LogP contribution >= 0.6 is 11.8 Å². The number of hydrogen-bond donors (Lipinski definition) is 2. The van der Waals surface area contributed by atoms with Gasteiger partial charge in [0.25, 0.3) is 11.8 Å². The highest BCUT2D eigenvalue weighted by Gasteiger charge is 2.52. The summed E-state index contributed by atoms with van der Waals surface area (Å²) in [7, 11) is 0. The first-order valence-corrected chi connectivity index (χ1v) is 10.6. The van der Waals surface area contributed by atoms with Gasteiger partial charge >= 0.3 is 12.0 Å². The van der Waals surface area contributed by atoms with Gasteiger partial charge in [-0.05, 0) is 49.9 Å². The molecule has 0 aromatic heterocycles. The number of nitrogens with one attached hydrogen (secondary N) is 2. The first-order chi connectivity index (χ1) is 13.8. The fourth-order valence-corrected chi connectivity index (χ4v) is 4.30. The molecule has 3 rings (SSSR count). The highest BCUT2D eigenvalue weighted by molar-refractivity contribution is 8.00. The summed E-state index contributed by atoms with van der Waals surface area (Å²) < 4.78 is 4.96. The molecule has 4 amide bonds. The molecule has 156 valence electrons. The Balaban J connectivity index is 1.44. The summed E-state index contributed by atoms with van der Waals surface area (Å²) in [4.78, 5) is 49.6. The maximum absolute atomic E-state index is 12.6. The molecule has 1 saturated carbocycles. The van der Waals surface area contributed by atoms with Crippen LogP contribution in [-0.2, 0) is 19.1 Å². The zero-order chi connectivity index (χ0) is 21.0. The van der Waals surface area contributed by atoms with E-state index in [-0.39, 0.29) is 5.75 Å². The molecule has 2 aliphatic rings. The molecule has 2 fully saturated rings. The second-order valence-electron chi connectivity index (χ2n) is 7.44. The first kappa shape index (κ1) is 21.2. The molecule has 0 radical (unpaired) electrons. The van der Waals surface area contributed by atoms with Crippen molar-refractivity contribution >= 4 is 35.6 Å². The van der Waals surface area contributed by atoms with Crippen LogP contribution in [0.15, 0.2) is 23.1 Å². The van der Waals surface area contributed by atoms with Gasteiger partial charge in [0.2, 0.25) is 0 Å². The number of aryl methyl sites for hydroxylation is 2. The third kappa shape index (κ3) is 4.90. The number of carbonyl (C=O) groups excluding carboxylic acids is 4. The molecule has 0 unspecified atom stereocenters. The molecule has 0 atom stereocenters. The Hall–Kier alpha value is -2.55. The van der Waals surface area contributed by atoms with E-state index < -0.39 is 36.0 Å². The highest BCUT2D eigenvalue weighted by atomic mass is 32.2. The van der Waals surface area contributed by atoms with Gasteiger partial charge in [0.1, 0.15) is 5.54 Å². The predicted molar refractivity (Wildman–Crippen MR) is 107 cm³/mol. The number of benzene rings is 1. The minimum absolute atomic E-state index is 0.0576. The molecule has 1 aromatic carbocycles. The number of hydrazine groups is 1. The summed E-state index contributed by atoms with van der Waals surface area (Å²) in [6.45, 7) is 3.45. The van der Waals surface area contributed by atoms with Crippen LogP contribution in [-0.4, -0.2) is 46.7 Å². The summed E-state index contributed by atoms with van der Waals surface area (Å²) in [5.41, 5.74) is 3.63. The lowest BCUT2D eigenvalue weighted by Crippen LogP contribution is -2.51. The zero-order valence-corrected chi connectivity index (χ0v) is 17.4. The van der Waals surface area contributed by atoms with Crippen LogP contribution in [0.1, 0.15) is 43.2 Å². The van der Waals surface area contributed by atoms with Crippen molar-refractivity contribution in [3.05, 3.63) is 29.3 Å². The second-order valence-corrected chi connectivity index (χ2v) is 8.49. The third-order valence-electron chi connectivity index (χ3n) is 5.30. The number of carbonyl (C=O) groups is 4. The van der Waals surface area contributed by atoms with E-state index in [0.717, 1.165) is 29.7 Å². The van der Waals surface area contributed by atoms with Crippen molar-refractivity contribution < 1.29 is 23.9 Å². The fourth-order valence-electron chi connectivity index (χ4n) is 3.51. The standard InChI is InChI=1S/C20H25N3O5S/c1-13-6-7-15(10-14(13)2)29-12-17(25)28-11-16(24)22-23-18(26)20(21-19(23)27)8-4-3-5-9-20/h6-7,10H,3-5,8-9,11-12H2,1-2H3,(H,21,27)(H,22,24). The van der Waals surface area contributed by atoms with Crippen LogP contribution in [0.25, 0.3) is 0 Å². The zero-order valence-electron chi connectivity index (χ0n) is 16.6. The average molecular weight is 420 g/mol. The van der Waals surface area contributed by atoms with Gasteiger partial charge in [-0.2, -0.15) is 5.01 Å². The molecule has 9 heteroatoms. The normalized spacial score (nSPS) is 17.9. The molecule has 1 heterocycles. The van der Waals surface area contributed by atoms with Gasteiger partial charge in [0, 0.05) is 4.90 Å². The molecule has 8 nitrogen and oxygen atoms in total. The number of ether oxygens (including phenoxy) is 1. The van der Waals surface area contributed by atoms with Gasteiger partial charge in [-0.1, -0.05) is 25.3 Å². The van der Waals surface area contributed by atoms with Crippen molar-refractivity contribution in [2.24, 2.45) is 0 Å². The Labute approximate surface area is 173 Å². The molecular formula is C20H25N3O5S. The number of esters is 1. The number of rotatable bonds is 6. The van der Waals surface area contributed by atoms with Gasteiger partial charge in [-0.25, -0.2) is 4.79 Å². The second kappa shape index (κ2) is 8.86. The molecular weight excluding hydrogens is 394 g/mol. The van der Waals surface area contributed by atoms with Crippen LogP contribution in [0, 0.1) is 13.8 Å². The number of nitrogens with zero attached hydrogens (tertiary/aromatic N) is 1. The van der Waals surface area contributed by atoms with Crippen molar-refractivity contribution in [3.63, 3.8) is 0 Å². The van der Waals surface area contributed by atoms with Crippen LogP contribution in [0.5, 0.6) is 0 Å². The van der Waals surface area contributed by atoms with Crippen molar-refractivity contribution in [1.29, 1.82) is 0 Å². The number of urea groups is 1. The topological polar surface area (TPSA) is 105 Å². The first-order valence-electron chi connectivity index (χ1n) is 9.63. The van der Waals surface area contributed by atoms with Crippen molar-refractivity contribution in [1.82, 2.24) is 15.8 Å². The molecule has 1 aromatic rings. The lowest BCUT2D eigenvalue weighted by molar-refractivity contribution is -0.148. The Morgan fingerprint density at radius 2 is 1.90 bits per heavy atom. The van der Waals surface area contributed by atoms with E-state index in [0.29, 0.717) is 17.9 Å². The summed E-state index contributed by atoms with van der Waals surface area (Å²) in [6, 6.07) is 5.24. The number of amides is 4. The van der Waals surface area contributed by atoms with Crippen LogP contribution in [0.3, 0.4) is 0 Å². The van der Waals surface area contributed by atoms with Crippen LogP contribution in [0.2, 0.25) is 0 Å². The molecule has 1 aliphatic carbocycles. The predicted octanol–water partition coefficient (Wildman–Crippen LogP) is 2.22. The van der Waals surface area contributed by atoms with Crippen molar-refractivity contribution in [2.75, 3.05) is 12.4 Å². The molecule has 29 heavy (non-hydrogen) atoms. The monoisotopic (exact) mass is 419 g/mol. The Morgan fingerprint density at radius 1 is 1.17 bits per heavy atom. The van der Waals surface area contributed by atoms with E-state index in [1.165, 1.54) is 17.3 Å². The van der Waals surface area contributed by atoms with Crippen molar-refractivity contribution in [3.8, 4) is 0 Å². The number of thioether (sulfide) groups is 1. The van der Waals surface area contributed by atoms with E-state index in [1.54, 1.807) is 0 Å². The largest absolute Gasteiger partial charge is 0.455 e. The smallest absolute Gasteiger partial charge is 0.344 e. The van der Waals surface area contributed by atoms with E-state index in [1.807, 2.05) is 32.0 Å². The quantitative estimate of drug-likeness (QED) is 0.416. The molecule has 2 N–H and O–H groups in total. The summed E-state index contributed by atoms with van der Waals surface area (Å²) in [6.07, 6.45) is 3.85. The molecule has 1 aliphatic heterocycles. The fraction of sp³-hybridized carbons (Fsp3) is 0.500. The van der Waals surface area contributed by atoms with Gasteiger partial charge < -0.3 is 10.1 Å². The Morgan fingerprint density at radius 3 is 2.59 bits per heavy atom. The third-order valence-corrected chi connectivity index (χ3v) is 6.27. The lowest BCUT2D eigenvalue weighted by atomic mass is 9.82. The molecule has 1 saturated heterocycles. The van der Waals surface area contributed by atoms with Crippen LogP contribution in [0.4, 0.5) is 4.79 Å². The molecule has 1 spiro atoms. The van der Waals surface area contributed by atoms with Gasteiger partial charge in [0.15, 0.2) is 6.61 Å². The van der Waals surface area contributed by atoms with Gasteiger partial charge in [-0.3, -0.25) is 19.8 Å². The average Bonchev–Trinajstić information content (AvgIpc) is 2.91. The van der Waals surface area contributed by atoms with E-state index in [4.69, 9.17) is 4.74 Å². The maximum Gasteiger partial charge on any atom is 0.344 e. The minimum Gasteiger partial charge on any atom is -0.455 e. The van der Waals surface area contributed by atoms with Crippen LogP contribution < -0.4 is 10.7 Å². The van der Waals surface area contributed by atoms with E-state index >= 15 is 0 Å². The van der Waals surface area contributed by atoms with E-state index in [9.17, 15) is 19.2 Å². The maximum atomic E-state index is 12.6.